The molecule has 0 N–H and O–H groups in total. The van der Waals surface area contributed by atoms with Crippen LogP contribution in [0.5, 0.6) is 0 Å². The molecule has 0 unspecified atom stereocenters. The number of hydrogen-bond donors (Lipinski definition) is 0. The van der Waals surface area contributed by atoms with E-state index < -0.39 is 0 Å². The van der Waals surface area contributed by atoms with E-state index in [1.165, 1.54) is 11.1 Å². The topological polar surface area (TPSA) is 17.8 Å². The standard InChI is InChI=1S/C16H14BrClN2/c1-10-3-6-14-15(7-10)20(16(9-18)19-14)12-4-5-13(17)11(2)8-12/h3-8H,9H2,1-2H3. The van der Waals surface area contributed by atoms with Gasteiger partial charge in [-0.1, -0.05) is 22.0 Å². The second-order valence-electron chi connectivity index (χ2n) is 4.92. The van der Waals surface area contributed by atoms with Crippen molar-refractivity contribution in [3.05, 3.63) is 57.8 Å². The molecule has 3 rings (SSSR count). The molecule has 20 heavy (non-hydrogen) atoms. The first-order valence-electron chi connectivity index (χ1n) is 6.40. The Morgan fingerprint density at radius 3 is 2.65 bits per heavy atom. The molecule has 0 spiro atoms. The van der Waals surface area contributed by atoms with E-state index in [1.807, 2.05) is 6.07 Å². The first-order valence-corrected chi connectivity index (χ1v) is 7.73. The van der Waals surface area contributed by atoms with E-state index in [0.29, 0.717) is 5.88 Å². The van der Waals surface area contributed by atoms with E-state index in [1.54, 1.807) is 0 Å². The highest BCUT2D eigenvalue weighted by Crippen LogP contribution is 2.26. The van der Waals surface area contributed by atoms with Crippen molar-refractivity contribution in [2.45, 2.75) is 19.7 Å². The molecule has 0 fully saturated rings. The first-order chi connectivity index (χ1) is 9.60. The second-order valence-corrected chi connectivity index (χ2v) is 6.04. The molecule has 0 aliphatic rings. The van der Waals surface area contributed by atoms with Crippen LogP contribution in [0.3, 0.4) is 0 Å². The summed E-state index contributed by atoms with van der Waals surface area (Å²) in [6.07, 6.45) is 0. The number of benzene rings is 2. The molecule has 4 heteroatoms. The minimum Gasteiger partial charge on any atom is -0.295 e. The fraction of sp³-hybridized carbons (Fsp3) is 0.188. The largest absolute Gasteiger partial charge is 0.295 e. The number of fused-ring (bicyclic) bond motifs is 1. The lowest BCUT2D eigenvalue weighted by Crippen LogP contribution is -1.99. The van der Waals surface area contributed by atoms with E-state index >= 15 is 0 Å². The van der Waals surface area contributed by atoms with Gasteiger partial charge in [0.2, 0.25) is 0 Å². The van der Waals surface area contributed by atoms with Gasteiger partial charge in [-0.3, -0.25) is 4.57 Å². The summed E-state index contributed by atoms with van der Waals surface area (Å²) in [7, 11) is 0. The van der Waals surface area contributed by atoms with Gasteiger partial charge in [0.25, 0.3) is 0 Å². The number of halogens is 2. The lowest BCUT2D eigenvalue weighted by atomic mass is 10.2. The molecule has 0 aliphatic heterocycles. The Hall–Kier alpha value is -1.32. The molecule has 0 saturated carbocycles. The third-order valence-electron chi connectivity index (χ3n) is 3.40. The van der Waals surface area contributed by atoms with Gasteiger partial charge < -0.3 is 0 Å². The van der Waals surface area contributed by atoms with Gasteiger partial charge in [-0.25, -0.2) is 4.98 Å². The van der Waals surface area contributed by atoms with Gasteiger partial charge in [-0.2, -0.15) is 0 Å². The zero-order valence-electron chi connectivity index (χ0n) is 11.3. The summed E-state index contributed by atoms with van der Waals surface area (Å²) >= 11 is 9.61. The summed E-state index contributed by atoms with van der Waals surface area (Å²) in [5, 5.41) is 0. The molecular formula is C16H14BrClN2. The fourth-order valence-electron chi connectivity index (χ4n) is 2.38. The van der Waals surface area contributed by atoms with Crippen molar-refractivity contribution < 1.29 is 0 Å². The highest BCUT2D eigenvalue weighted by Gasteiger charge is 2.12. The van der Waals surface area contributed by atoms with E-state index in [-0.39, 0.29) is 0 Å². The normalized spacial score (nSPS) is 11.2. The number of rotatable bonds is 2. The summed E-state index contributed by atoms with van der Waals surface area (Å²) < 4.78 is 3.24. The van der Waals surface area contributed by atoms with Crippen LogP contribution < -0.4 is 0 Å². The number of aromatic nitrogens is 2. The monoisotopic (exact) mass is 348 g/mol. The molecular weight excluding hydrogens is 336 g/mol. The van der Waals surface area contributed by atoms with Crippen molar-refractivity contribution in [2.24, 2.45) is 0 Å². The first kappa shape index (κ1) is 13.7. The van der Waals surface area contributed by atoms with Crippen LogP contribution in [0.1, 0.15) is 17.0 Å². The molecule has 0 amide bonds. The molecule has 0 atom stereocenters. The van der Waals surface area contributed by atoms with E-state index in [9.17, 15) is 0 Å². The molecule has 0 bridgehead atoms. The molecule has 3 aromatic rings. The van der Waals surface area contributed by atoms with Crippen LogP contribution in [0.2, 0.25) is 0 Å². The Morgan fingerprint density at radius 1 is 1.15 bits per heavy atom. The number of hydrogen-bond acceptors (Lipinski definition) is 1. The fourth-order valence-corrected chi connectivity index (χ4v) is 2.81. The summed E-state index contributed by atoms with van der Waals surface area (Å²) in [5.41, 5.74) is 5.58. The van der Waals surface area contributed by atoms with Gasteiger partial charge in [0.1, 0.15) is 5.82 Å². The number of imidazole rings is 1. The molecule has 0 radical (unpaired) electrons. The average Bonchev–Trinajstić information content (AvgIpc) is 2.79. The Morgan fingerprint density at radius 2 is 1.95 bits per heavy atom. The Balaban J connectivity index is 2.32. The molecule has 2 aromatic carbocycles. The van der Waals surface area contributed by atoms with Crippen LogP contribution in [0.4, 0.5) is 0 Å². The highest BCUT2D eigenvalue weighted by atomic mass is 79.9. The van der Waals surface area contributed by atoms with Crippen LogP contribution in [0.25, 0.3) is 16.7 Å². The van der Waals surface area contributed by atoms with Crippen molar-refractivity contribution in [3.63, 3.8) is 0 Å². The van der Waals surface area contributed by atoms with Gasteiger partial charge in [0, 0.05) is 10.2 Å². The molecule has 0 saturated heterocycles. The lowest BCUT2D eigenvalue weighted by molar-refractivity contribution is 0.979. The lowest BCUT2D eigenvalue weighted by Gasteiger charge is -2.10. The summed E-state index contributed by atoms with van der Waals surface area (Å²) in [5.74, 6) is 1.26. The minimum absolute atomic E-state index is 0.392. The third kappa shape index (κ3) is 2.25. The summed E-state index contributed by atoms with van der Waals surface area (Å²) in [4.78, 5) is 4.62. The molecule has 1 aromatic heterocycles. The predicted molar refractivity (Wildman–Crippen MR) is 87.8 cm³/mol. The van der Waals surface area contributed by atoms with Crippen molar-refractivity contribution in [2.75, 3.05) is 0 Å². The van der Waals surface area contributed by atoms with Gasteiger partial charge in [-0.15, -0.1) is 11.6 Å². The molecule has 0 aliphatic carbocycles. The van der Waals surface area contributed by atoms with E-state index in [2.05, 4.69) is 69.7 Å². The number of alkyl halides is 1. The van der Waals surface area contributed by atoms with Crippen molar-refractivity contribution in [1.82, 2.24) is 9.55 Å². The third-order valence-corrected chi connectivity index (χ3v) is 4.53. The van der Waals surface area contributed by atoms with Gasteiger partial charge in [-0.05, 0) is 55.3 Å². The molecule has 102 valence electrons. The average molecular weight is 350 g/mol. The smallest absolute Gasteiger partial charge is 0.129 e. The van der Waals surface area contributed by atoms with Crippen molar-refractivity contribution >= 4 is 38.6 Å². The van der Waals surface area contributed by atoms with Gasteiger partial charge in [0.15, 0.2) is 0 Å². The summed E-state index contributed by atoms with van der Waals surface area (Å²) in [6, 6.07) is 12.5. The summed E-state index contributed by atoms with van der Waals surface area (Å²) in [6.45, 7) is 4.17. The Bertz CT molecular complexity index is 793. The minimum atomic E-state index is 0.392. The SMILES string of the molecule is Cc1ccc2nc(CCl)n(-c3ccc(Br)c(C)c3)c2c1. The number of aryl methyl sites for hydroxylation is 2. The van der Waals surface area contributed by atoms with Gasteiger partial charge in [0.05, 0.1) is 16.9 Å². The van der Waals surface area contributed by atoms with Crippen LogP contribution >= 0.6 is 27.5 Å². The molecule has 2 nitrogen and oxygen atoms in total. The van der Waals surface area contributed by atoms with Crippen LogP contribution in [0.15, 0.2) is 40.9 Å². The predicted octanol–water partition coefficient (Wildman–Crippen LogP) is 5.14. The zero-order valence-corrected chi connectivity index (χ0v) is 13.7. The Kier molecular flexibility index (Phi) is 3.57. The maximum atomic E-state index is 6.07. The Labute approximate surface area is 131 Å². The van der Waals surface area contributed by atoms with Crippen molar-refractivity contribution in [3.8, 4) is 5.69 Å². The van der Waals surface area contributed by atoms with E-state index in [0.717, 1.165) is 27.0 Å². The molecule has 1 heterocycles. The zero-order chi connectivity index (χ0) is 14.3. The highest BCUT2D eigenvalue weighted by molar-refractivity contribution is 9.10. The maximum absolute atomic E-state index is 6.07. The van der Waals surface area contributed by atoms with Crippen LogP contribution in [0, 0.1) is 13.8 Å². The van der Waals surface area contributed by atoms with Crippen molar-refractivity contribution in [1.29, 1.82) is 0 Å². The van der Waals surface area contributed by atoms with Crippen LogP contribution in [-0.4, -0.2) is 9.55 Å². The van der Waals surface area contributed by atoms with Gasteiger partial charge >= 0.3 is 0 Å². The maximum Gasteiger partial charge on any atom is 0.129 e. The number of nitrogens with zero attached hydrogens (tertiary/aromatic N) is 2. The van der Waals surface area contributed by atoms with Crippen LogP contribution in [-0.2, 0) is 5.88 Å². The second kappa shape index (κ2) is 5.23. The van der Waals surface area contributed by atoms with E-state index in [4.69, 9.17) is 11.6 Å². The quantitative estimate of drug-likeness (QED) is 0.585.